The molecule has 0 saturated heterocycles. The minimum Gasteiger partial charge on any atom is -0.396 e. The Morgan fingerprint density at radius 1 is 1.53 bits per heavy atom. The molecule has 86 valence electrons. The van der Waals surface area contributed by atoms with E-state index in [1.54, 1.807) is 10.9 Å². The van der Waals surface area contributed by atoms with Gasteiger partial charge in [-0.3, -0.25) is 4.68 Å². The number of hydrogen-bond donors (Lipinski definition) is 3. The lowest BCUT2D eigenvalue weighted by atomic mass is 10.2. The Balaban J connectivity index is 2.16. The highest BCUT2D eigenvalue weighted by Gasteiger charge is 2.07. The summed E-state index contributed by atoms with van der Waals surface area (Å²) < 4.78 is 1.70. The molecule has 0 spiro atoms. The minimum atomic E-state index is -0.453. The smallest absolute Gasteiger partial charge is 0.0860 e. The summed E-state index contributed by atoms with van der Waals surface area (Å²) in [5.41, 5.74) is 0. The van der Waals surface area contributed by atoms with Crippen LogP contribution in [0.25, 0.3) is 0 Å². The maximum absolute atomic E-state index is 9.65. The molecular weight excluding hydrogens is 194 g/mol. The van der Waals surface area contributed by atoms with Gasteiger partial charge in [-0.2, -0.15) is 5.10 Å². The molecule has 0 aliphatic carbocycles. The fourth-order valence-corrected chi connectivity index (χ4v) is 1.32. The number of hydrogen-bond acceptors (Lipinski definition) is 4. The third-order valence-electron chi connectivity index (χ3n) is 2.22. The standard InChI is InChI=1S/C10H19N3O2/c1-9(3-6-14)11-7-10(15)8-13-5-2-4-12-13/h2,4-5,9-11,14-15H,3,6-8H2,1H3. The van der Waals surface area contributed by atoms with E-state index in [1.807, 2.05) is 19.2 Å². The number of nitrogens with one attached hydrogen (secondary N) is 1. The topological polar surface area (TPSA) is 70.3 Å². The summed E-state index contributed by atoms with van der Waals surface area (Å²) in [5.74, 6) is 0. The molecule has 0 aliphatic heterocycles. The van der Waals surface area contributed by atoms with E-state index >= 15 is 0 Å². The largest absolute Gasteiger partial charge is 0.396 e. The van der Waals surface area contributed by atoms with Gasteiger partial charge in [-0.05, 0) is 19.4 Å². The first-order valence-electron chi connectivity index (χ1n) is 5.22. The molecule has 3 N–H and O–H groups in total. The number of rotatable bonds is 7. The molecule has 1 aromatic rings. The SMILES string of the molecule is CC(CCO)NCC(O)Cn1cccn1. The Hall–Kier alpha value is -0.910. The van der Waals surface area contributed by atoms with Gasteiger partial charge in [-0.1, -0.05) is 0 Å². The third-order valence-corrected chi connectivity index (χ3v) is 2.22. The zero-order valence-electron chi connectivity index (χ0n) is 9.00. The van der Waals surface area contributed by atoms with Crippen molar-refractivity contribution in [1.82, 2.24) is 15.1 Å². The van der Waals surface area contributed by atoms with Crippen molar-refractivity contribution in [2.24, 2.45) is 0 Å². The second-order valence-corrected chi connectivity index (χ2v) is 3.70. The molecule has 0 radical (unpaired) electrons. The van der Waals surface area contributed by atoms with Gasteiger partial charge in [0.05, 0.1) is 12.6 Å². The summed E-state index contributed by atoms with van der Waals surface area (Å²) in [6.45, 7) is 3.16. The molecule has 2 atom stereocenters. The molecule has 1 heterocycles. The number of nitrogens with zero attached hydrogens (tertiary/aromatic N) is 2. The van der Waals surface area contributed by atoms with E-state index < -0.39 is 6.10 Å². The minimum absolute atomic E-state index is 0.170. The predicted molar refractivity (Wildman–Crippen MR) is 57.4 cm³/mol. The average molecular weight is 213 g/mol. The summed E-state index contributed by atoms with van der Waals surface area (Å²) in [6.07, 6.45) is 3.76. The van der Waals surface area contributed by atoms with Crippen LogP contribution < -0.4 is 5.32 Å². The summed E-state index contributed by atoms with van der Waals surface area (Å²) in [6, 6.07) is 2.05. The molecule has 15 heavy (non-hydrogen) atoms. The molecule has 0 aromatic carbocycles. The average Bonchev–Trinajstić information content (AvgIpc) is 2.68. The molecule has 0 fully saturated rings. The number of aliphatic hydroxyl groups is 2. The highest BCUT2D eigenvalue weighted by Crippen LogP contribution is 1.93. The van der Waals surface area contributed by atoms with Crippen molar-refractivity contribution in [3.05, 3.63) is 18.5 Å². The summed E-state index contributed by atoms with van der Waals surface area (Å²) in [5, 5.41) is 25.5. The van der Waals surface area contributed by atoms with E-state index in [-0.39, 0.29) is 12.6 Å². The van der Waals surface area contributed by atoms with E-state index in [2.05, 4.69) is 10.4 Å². The van der Waals surface area contributed by atoms with Crippen LogP contribution in [-0.4, -0.2) is 45.3 Å². The lowest BCUT2D eigenvalue weighted by molar-refractivity contribution is 0.141. The van der Waals surface area contributed by atoms with Crippen LogP contribution in [0.4, 0.5) is 0 Å². The normalized spacial score (nSPS) is 15.1. The second kappa shape index (κ2) is 6.55. The first-order chi connectivity index (χ1) is 7.22. The van der Waals surface area contributed by atoms with Crippen molar-refractivity contribution in [1.29, 1.82) is 0 Å². The fraction of sp³-hybridized carbons (Fsp3) is 0.700. The second-order valence-electron chi connectivity index (χ2n) is 3.70. The first-order valence-corrected chi connectivity index (χ1v) is 5.22. The van der Waals surface area contributed by atoms with Crippen molar-refractivity contribution >= 4 is 0 Å². The van der Waals surface area contributed by atoms with E-state index in [9.17, 15) is 5.11 Å². The maximum Gasteiger partial charge on any atom is 0.0860 e. The molecule has 0 aliphatic rings. The highest BCUT2D eigenvalue weighted by atomic mass is 16.3. The van der Waals surface area contributed by atoms with Gasteiger partial charge in [0.15, 0.2) is 0 Å². The highest BCUT2D eigenvalue weighted by molar-refractivity contribution is 4.78. The van der Waals surface area contributed by atoms with Crippen molar-refractivity contribution in [2.75, 3.05) is 13.2 Å². The Kier molecular flexibility index (Phi) is 5.31. The van der Waals surface area contributed by atoms with Crippen molar-refractivity contribution in [3.63, 3.8) is 0 Å². The third kappa shape index (κ3) is 4.92. The van der Waals surface area contributed by atoms with Gasteiger partial charge < -0.3 is 15.5 Å². The Labute approximate surface area is 89.7 Å². The molecule has 5 heteroatoms. The van der Waals surface area contributed by atoms with Gasteiger partial charge in [-0.25, -0.2) is 0 Å². The fourth-order valence-electron chi connectivity index (χ4n) is 1.32. The van der Waals surface area contributed by atoms with E-state index in [0.29, 0.717) is 19.5 Å². The van der Waals surface area contributed by atoms with Crippen LogP contribution >= 0.6 is 0 Å². The van der Waals surface area contributed by atoms with E-state index in [4.69, 9.17) is 5.11 Å². The van der Waals surface area contributed by atoms with Crippen molar-refractivity contribution in [2.45, 2.75) is 32.0 Å². The van der Waals surface area contributed by atoms with E-state index in [1.165, 1.54) is 0 Å². The number of aliphatic hydroxyl groups excluding tert-OH is 2. The maximum atomic E-state index is 9.65. The quantitative estimate of drug-likeness (QED) is 0.576. The molecule has 0 saturated carbocycles. The van der Waals surface area contributed by atoms with Gasteiger partial charge in [-0.15, -0.1) is 0 Å². The molecule has 1 aromatic heterocycles. The Morgan fingerprint density at radius 3 is 2.93 bits per heavy atom. The van der Waals surface area contributed by atoms with Crippen LogP contribution in [0.3, 0.4) is 0 Å². The predicted octanol–water partition coefficient (Wildman–Crippen LogP) is -0.396. The van der Waals surface area contributed by atoms with E-state index in [0.717, 1.165) is 0 Å². The lowest BCUT2D eigenvalue weighted by Gasteiger charge is -2.16. The van der Waals surface area contributed by atoms with Crippen molar-refractivity contribution in [3.8, 4) is 0 Å². The Morgan fingerprint density at radius 2 is 2.33 bits per heavy atom. The van der Waals surface area contributed by atoms with Crippen LogP contribution in [-0.2, 0) is 6.54 Å². The van der Waals surface area contributed by atoms with Gasteiger partial charge in [0.2, 0.25) is 0 Å². The zero-order chi connectivity index (χ0) is 11.1. The summed E-state index contributed by atoms with van der Waals surface area (Å²) >= 11 is 0. The van der Waals surface area contributed by atoms with Crippen LogP contribution in [0, 0.1) is 0 Å². The summed E-state index contributed by atoms with van der Waals surface area (Å²) in [7, 11) is 0. The van der Waals surface area contributed by atoms with Gasteiger partial charge >= 0.3 is 0 Å². The molecule has 0 amide bonds. The molecule has 2 unspecified atom stereocenters. The number of aromatic nitrogens is 2. The zero-order valence-corrected chi connectivity index (χ0v) is 9.00. The molecule has 0 bridgehead atoms. The first kappa shape index (κ1) is 12.2. The van der Waals surface area contributed by atoms with Gasteiger partial charge in [0.1, 0.15) is 0 Å². The van der Waals surface area contributed by atoms with Crippen LogP contribution in [0.5, 0.6) is 0 Å². The van der Waals surface area contributed by atoms with Crippen molar-refractivity contribution < 1.29 is 10.2 Å². The van der Waals surface area contributed by atoms with Crippen LogP contribution in [0.2, 0.25) is 0 Å². The Bertz CT molecular complexity index is 251. The van der Waals surface area contributed by atoms with Gasteiger partial charge in [0.25, 0.3) is 0 Å². The molecular formula is C10H19N3O2. The molecule has 1 rings (SSSR count). The van der Waals surface area contributed by atoms with Crippen LogP contribution in [0.1, 0.15) is 13.3 Å². The van der Waals surface area contributed by atoms with Gasteiger partial charge in [0, 0.05) is 31.6 Å². The molecule has 5 nitrogen and oxygen atoms in total. The lowest BCUT2D eigenvalue weighted by Crippen LogP contribution is -2.36. The summed E-state index contributed by atoms with van der Waals surface area (Å²) in [4.78, 5) is 0. The monoisotopic (exact) mass is 213 g/mol. The van der Waals surface area contributed by atoms with Crippen LogP contribution in [0.15, 0.2) is 18.5 Å².